The number of hydrogen-bond donors (Lipinski definition) is 2. The molecule has 1 amide bonds. The lowest BCUT2D eigenvalue weighted by molar-refractivity contribution is -0.384. The summed E-state index contributed by atoms with van der Waals surface area (Å²) in [5.74, 6) is 0.317. The van der Waals surface area contributed by atoms with Gasteiger partial charge in [0.05, 0.1) is 10.5 Å². The molecule has 0 saturated heterocycles. The molecule has 0 atom stereocenters. The standard InChI is InChI=1S/C19H27N3O3/c23-19(20-13-14-6-2-1-3-7-14)17-12-16(22(24)25)10-11-18(17)21-15-8-4-5-9-15/h10-12,14-15,21H,1-9,13H2,(H,20,23). The Hall–Kier alpha value is -2.11. The van der Waals surface area contributed by atoms with Gasteiger partial charge in [-0.05, 0) is 37.7 Å². The molecule has 25 heavy (non-hydrogen) atoms. The second-order valence-corrected chi connectivity index (χ2v) is 7.33. The van der Waals surface area contributed by atoms with Crippen molar-refractivity contribution < 1.29 is 9.72 Å². The first-order valence-corrected chi connectivity index (χ1v) is 9.46. The van der Waals surface area contributed by atoms with Crippen molar-refractivity contribution in [3.63, 3.8) is 0 Å². The van der Waals surface area contributed by atoms with Crippen LogP contribution in [0.25, 0.3) is 0 Å². The van der Waals surface area contributed by atoms with Crippen molar-refractivity contribution in [3.05, 3.63) is 33.9 Å². The average Bonchev–Trinajstić information content (AvgIpc) is 3.14. The first kappa shape index (κ1) is 17.7. The van der Waals surface area contributed by atoms with Gasteiger partial charge < -0.3 is 10.6 Å². The Morgan fingerprint density at radius 3 is 2.44 bits per heavy atom. The van der Waals surface area contributed by atoms with Gasteiger partial charge in [0.2, 0.25) is 0 Å². The molecule has 1 aromatic carbocycles. The fourth-order valence-corrected chi connectivity index (χ4v) is 3.97. The van der Waals surface area contributed by atoms with Crippen LogP contribution in [0.15, 0.2) is 18.2 Å². The predicted octanol–water partition coefficient (Wildman–Crippen LogP) is 4.26. The number of hydrogen-bond acceptors (Lipinski definition) is 4. The molecule has 0 spiro atoms. The summed E-state index contributed by atoms with van der Waals surface area (Å²) in [5, 5.41) is 17.5. The summed E-state index contributed by atoms with van der Waals surface area (Å²) >= 11 is 0. The van der Waals surface area contributed by atoms with Crippen molar-refractivity contribution in [2.45, 2.75) is 63.8 Å². The summed E-state index contributed by atoms with van der Waals surface area (Å²) in [6, 6.07) is 4.89. The fourth-order valence-electron chi connectivity index (χ4n) is 3.97. The minimum Gasteiger partial charge on any atom is -0.382 e. The van der Waals surface area contributed by atoms with E-state index in [1.807, 2.05) is 0 Å². The van der Waals surface area contributed by atoms with Crippen molar-refractivity contribution in [2.24, 2.45) is 5.92 Å². The third-order valence-electron chi connectivity index (χ3n) is 5.45. The predicted molar refractivity (Wildman–Crippen MR) is 97.9 cm³/mol. The monoisotopic (exact) mass is 345 g/mol. The van der Waals surface area contributed by atoms with Crippen molar-refractivity contribution >= 4 is 17.3 Å². The molecule has 1 aromatic rings. The number of carbonyl (C=O) groups excluding carboxylic acids is 1. The maximum absolute atomic E-state index is 12.7. The van der Waals surface area contributed by atoms with Gasteiger partial charge in [-0.1, -0.05) is 32.1 Å². The molecule has 2 fully saturated rings. The lowest BCUT2D eigenvalue weighted by Gasteiger charge is -2.22. The van der Waals surface area contributed by atoms with E-state index in [-0.39, 0.29) is 11.6 Å². The zero-order chi connectivity index (χ0) is 17.6. The Morgan fingerprint density at radius 2 is 1.76 bits per heavy atom. The van der Waals surface area contributed by atoms with Gasteiger partial charge in [-0.3, -0.25) is 14.9 Å². The first-order chi connectivity index (χ1) is 12.1. The SMILES string of the molecule is O=C(NCC1CCCCC1)c1cc([N+](=O)[O-])ccc1NC1CCCC1. The highest BCUT2D eigenvalue weighted by Crippen LogP contribution is 2.28. The summed E-state index contributed by atoms with van der Waals surface area (Å²) in [4.78, 5) is 23.3. The van der Waals surface area contributed by atoms with E-state index in [4.69, 9.17) is 0 Å². The zero-order valence-electron chi connectivity index (χ0n) is 14.6. The highest BCUT2D eigenvalue weighted by molar-refractivity contribution is 6.00. The third kappa shape index (κ3) is 4.71. The molecule has 2 saturated carbocycles. The number of anilines is 1. The van der Waals surface area contributed by atoms with Gasteiger partial charge in [-0.15, -0.1) is 0 Å². The topological polar surface area (TPSA) is 84.3 Å². The number of nitrogens with zero attached hydrogens (tertiary/aromatic N) is 1. The van der Waals surface area contributed by atoms with E-state index in [2.05, 4.69) is 10.6 Å². The lowest BCUT2D eigenvalue weighted by atomic mass is 9.89. The molecular weight excluding hydrogens is 318 g/mol. The fraction of sp³-hybridized carbons (Fsp3) is 0.632. The average molecular weight is 345 g/mol. The minimum absolute atomic E-state index is 0.0419. The highest BCUT2D eigenvalue weighted by Gasteiger charge is 2.22. The Morgan fingerprint density at radius 1 is 1.08 bits per heavy atom. The van der Waals surface area contributed by atoms with E-state index >= 15 is 0 Å². The minimum atomic E-state index is -0.447. The van der Waals surface area contributed by atoms with Crippen LogP contribution in [-0.4, -0.2) is 23.4 Å². The normalized spacial score (nSPS) is 18.9. The van der Waals surface area contributed by atoms with E-state index in [1.54, 1.807) is 6.07 Å². The van der Waals surface area contributed by atoms with Crippen LogP contribution in [0.1, 0.15) is 68.1 Å². The molecule has 2 N–H and O–H groups in total. The Balaban J connectivity index is 1.71. The van der Waals surface area contributed by atoms with Gasteiger partial charge in [0.15, 0.2) is 0 Å². The molecular formula is C19H27N3O3. The molecule has 136 valence electrons. The third-order valence-corrected chi connectivity index (χ3v) is 5.45. The molecule has 2 aliphatic rings. The second kappa shape index (κ2) is 8.32. The van der Waals surface area contributed by atoms with Gasteiger partial charge in [-0.2, -0.15) is 0 Å². The molecule has 0 aromatic heterocycles. The molecule has 0 unspecified atom stereocenters. The van der Waals surface area contributed by atoms with Crippen LogP contribution < -0.4 is 10.6 Å². The van der Waals surface area contributed by atoms with E-state index in [0.717, 1.165) is 25.7 Å². The maximum Gasteiger partial charge on any atom is 0.270 e. The van der Waals surface area contributed by atoms with Crippen LogP contribution in [0.3, 0.4) is 0 Å². The Bertz CT molecular complexity index is 620. The molecule has 6 heteroatoms. The first-order valence-electron chi connectivity index (χ1n) is 9.46. The molecule has 0 radical (unpaired) electrons. The molecule has 0 heterocycles. The lowest BCUT2D eigenvalue weighted by Crippen LogP contribution is -2.31. The Labute approximate surface area is 148 Å². The maximum atomic E-state index is 12.7. The van der Waals surface area contributed by atoms with Crippen LogP contribution >= 0.6 is 0 Å². The quantitative estimate of drug-likeness (QED) is 0.596. The number of nitro groups is 1. The van der Waals surface area contributed by atoms with Gasteiger partial charge >= 0.3 is 0 Å². The van der Waals surface area contributed by atoms with Crippen molar-refractivity contribution in [2.75, 3.05) is 11.9 Å². The number of benzene rings is 1. The number of non-ortho nitro benzene ring substituents is 1. The van der Waals surface area contributed by atoms with Crippen molar-refractivity contribution in [1.29, 1.82) is 0 Å². The molecule has 3 rings (SSSR count). The largest absolute Gasteiger partial charge is 0.382 e. The molecule has 0 bridgehead atoms. The van der Waals surface area contributed by atoms with Crippen LogP contribution in [0.4, 0.5) is 11.4 Å². The van der Waals surface area contributed by atoms with E-state index in [0.29, 0.717) is 29.8 Å². The van der Waals surface area contributed by atoms with Crippen LogP contribution in [-0.2, 0) is 0 Å². The molecule has 6 nitrogen and oxygen atoms in total. The number of rotatable bonds is 6. The number of nitrogens with one attached hydrogen (secondary N) is 2. The molecule has 0 aliphatic heterocycles. The molecule has 2 aliphatic carbocycles. The number of amides is 1. The smallest absolute Gasteiger partial charge is 0.270 e. The van der Waals surface area contributed by atoms with Crippen LogP contribution in [0.5, 0.6) is 0 Å². The number of carbonyl (C=O) groups is 1. The summed E-state index contributed by atoms with van der Waals surface area (Å²) < 4.78 is 0. The van der Waals surface area contributed by atoms with Crippen LogP contribution in [0.2, 0.25) is 0 Å². The summed E-state index contributed by atoms with van der Waals surface area (Å²) in [5.41, 5.74) is 1.05. The van der Waals surface area contributed by atoms with Gasteiger partial charge in [0.25, 0.3) is 11.6 Å². The summed E-state index contributed by atoms with van der Waals surface area (Å²) in [6.45, 7) is 0.657. The highest BCUT2D eigenvalue weighted by atomic mass is 16.6. The van der Waals surface area contributed by atoms with Gasteiger partial charge in [-0.25, -0.2) is 0 Å². The summed E-state index contributed by atoms with van der Waals surface area (Å²) in [7, 11) is 0. The Kier molecular flexibility index (Phi) is 5.89. The second-order valence-electron chi connectivity index (χ2n) is 7.33. The zero-order valence-corrected chi connectivity index (χ0v) is 14.6. The van der Waals surface area contributed by atoms with Gasteiger partial charge in [0.1, 0.15) is 0 Å². The van der Waals surface area contributed by atoms with Crippen molar-refractivity contribution in [3.8, 4) is 0 Å². The number of nitro benzene ring substituents is 1. The van der Waals surface area contributed by atoms with Gasteiger partial charge in [0, 0.05) is 30.4 Å². The van der Waals surface area contributed by atoms with Crippen LogP contribution in [0, 0.1) is 16.0 Å². The van der Waals surface area contributed by atoms with E-state index in [9.17, 15) is 14.9 Å². The van der Waals surface area contributed by atoms with Crippen molar-refractivity contribution in [1.82, 2.24) is 5.32 Å². The van der Waals surface area contributed by atoms with E-state index < -0.39 is 4.92 Å². The van der Waals surface area contributed by atoms with E-state index in [1.165, 1.54) is 44.2 Å². The summed E-state index contributed by atoms with van der Waals surface area (Å²) in [6.07, 6.45) is 10.6.